The minimum absolute atomic E-state index is 0.00555. The number of halogens is 3. The van der Waals surface area contributed by atoms with Crippen molar-refractivity contribution in [3.8, 4) is 0 Å². The van der Waals surface area contributed by atoms with Gasteiger partial charge < -0.3 is 15.7 Å². The summed E-state index contributed by atoms with van der Waals surface area (Å²) in [7, 11) is 0. The van der Waals surface area contributed by atoms with E-state index in [4.69, 9.17) is 0 Å². The lowest BCUT2D eigenvalue weighted by Gasteiger charge is -2.44. The lowest BCUT2D eigenvalue weighted by molar-refractivity contribution is -0.190. The second-order valence-electron chi connectivity index (χ2n) is 5.56. The van der Waals surface area contributed by atoms with Gasteiger partial charge >= 0.3 is 12.2 Å². The first-order valence-corrected chi connectivity index (χ1v) is 8.12. The number of rotatable bonds is 3. The number of thiophene rings is 1. The van der Waals surface area contributed by atoms with Crippen molar-refractivity contribution >= 4 is 23.2 Å². The Bertz CT molecular complexity index is 780. The highest BCUT2D eigenvalue weighted by atomic mass is 32.1. The maximum Gasteiger partial charge on any atom is 0.450 e. The third-order valence-corrected chi connectivity index (χ3v) is 4.95. The third-order valence-electron chi connectivity index (χ3n) is 4.00. The highest BCUT2D eigenvalue weighted by molar-refractivity contribution is 7.10. The van der Waals surface area contributed by atoms with Gasteiger partial charge in [-0.05, 0) is 11.4 Å². The maximum absolute atomic E-state index is 13.2. The van der Waals surface area contributed by atoms with Crippen LogP contribution in [0, 0.1) is 5.92 Å². The fraction of sp³-hybridized carbons (Fsp3) is 0.250. The molecule has 1 fully saturated rings. The quantitative estimate of drug-likeness (QED) is 0.777. The largest absolute Gasteiger partial charge is 0.450 e. The van der Waals surface area contributed by atoms with Crippen LogP contribution in [-0.4, -0.2) is 23.1 Å². The summed E-state index contributed by atoms with van der Waals surface area (Å²) >= 11 is 1.09. The molecular formula is C16H13F3N2O3S. The first-order chi connectivity index (χ1) is 11.7. The summed E-state index contributed by atoms with van der Waals surface area (Å²) in [5, 5.41) is 17.0. The van der Waals surface area contributed by atoms with E-state index in [2.05, 4.69) is 10.6 Å². The van der Waals surface area contributed by atoms with Crippen LogP contribution >= 0.6 is 11.3 Å². The van der Waals surface area contributed by atoms with E-state index in [1.165, 1.54) is 30.3 Å². The normalized spacial score (nSPS) is 26.6. The van der Waals surface area contributed by atoms with Crippen molar-refractivity contribution in [1.82, 2.24) is 10.6 Å². The standard InChI is InChI=1S/C16H13F3N2O3S/c17-16(18,19)13(22)11-12(10-7-4-8-25-10)20-14(23)21-15(11,24)9-5-2-1-3-6-9/h1-8,11-12,24H,(H2,20,21,23). The number of benzene rings is 1. The van der Waals surface area contributed by atoms with Gasteiger partial charge in [0.25, 0.3) is 0 Å². The van der Waals surface area contributed by atoms with Crippen molar-refractivity contribution in [2.45, 2.75) is 17.9 Å². The highest BCUT2D eigenvalue weighted by Crippen LogP contribution is 2.43. The smallest absolute Gasteiger partial charge is 0.366 e. The lowest BCUT2D eigenvalue weighted by Crippen LogP contribution is -2.66. The van der Waals surface area contributed by atoms with E-state index < -0.39 is 35.7 Å². The van der Waals surface area contributed by atoms with Crippen molar-refractivity contribution in [2.75, 3.05) is 0 Å². The first kappa shape index (κ1) is 17.4. The molecule has 3 rings (SSSR count). The predicted molar refractivity (Wildman–Crippen MR) is 83.6 cm³/mol. The van der Waals surface area contributed by atoms with E-state index >= 15 is 0 Å². The summed E-state index contributed by atoms with van der Waals surface area (Å²) < 4.78 is 39.6. The number of hydrogen-bond donors (Lipinski definition) is 3. The molecular weight excluding hydrogens is 357 g/mol. The molecule has 1 aromatic carbocycles. The van der Waals surface area contributed by atoms with Gasteiger partial charge in [-0.15, -0.1) is 11.3 Å². The van der Waals surface area contributed by atoms with Crippen molar-refractivity contribution < 1.29 is 27.9 Å². The highest BCUT2D eigenvalue weighted by Gasteiger charge is 2.59. The Morgan fingerprint density at radius 3 is 2.40 bits per heavy atom. The number of Topliss-reactive ketones (excluding diaryl/α,β-unsaturated/α-hetero) is 1. The number of alkyl halides is 3. The SMILES string of the molecule is O=C1NC(c2cccs2)C(C(=O)C(F)(F)F)C(O)(c2ccccc2)N1. The van der Waals surface area contributed by atoms with Crippen molar-refractivity contribution in [1.29, 1.82) is 0 Å². The molecule has 3 unspecified atom stereocenters. The van der Waals surface area contributed by atoms with E-state index in [0.29, 0.717) is 4.88 Å². The number of hydrogen-bond acceptors (Lipinski definition) is 4. The van der Waals surface area contributed by atoms with E-state index in [1.807, 2.05) is 0 Å². The van der Waals surface area contributed by atoms with Gasteiger partial charge in [-0.2, -0.15) is 13.2 Å². The van der Waals surface area contributed by atoms with Crippen molar-refractivity contribution in [3.05, 3.63) is 58.3 Å². The Balaban J connectivity index is 2.17. The summed E-state index contributed by atoms with van der Waals surface area (Å²) in [4.78, 5) is 24.5. The molecule has 2 aromatic rings. The fourth-order valence-electron chi connectivity index (χ4n) is 2.92. The summed E-state index contributed by atoms with van der Waals surface area (Å²) in [6, 6.07) is 8.22. The number of ketones is 1. The zero-order chi connectivity index (χ0) is 18.2. The summed E-state index contributed by atoms with van der Waals surface area (Å²) in [6.07, 6.45) is -5.17. The fourth-order valence-corrected chi connectivity index (χ4v) is 3.73. The zero-order valence-electron chi connectivity index (χ0n) is 12.6. The first-order valence-electron chi connectivity index (χ1n) is 7.24. The van der Waals surface area contributed by atoms with Gasteiger partial charge in [0, 0.05) is 10.4 Å². The van der Waals surface area contributed by atoms with Crippen LogP contribution in [0.15, 0.2) is 47.8 Å². The molecule has 2 heterocycles. The van der Waals surface area contributed by atoms with Gasteiger partial charge in [0.1, 0.15) is 5.92 Å². The van der Waals surface area contributed by atoms with Crippen LogP contribution in [0.2, 0.25) is 0 Å². The molecule has 2 amide bonds. The lowest BCUT2D eigenvalue weighted by atomic mass is 9.78. The molecule has 1 saturated heterocycles. The molecule has 0 radical (unpaired) electrons. The predicted octanol–water partition coefficient (Wildman–Crippen LogP) is 2.69. The van der Waals surface area contributed by atoms with Crippen molar-refractivity contribution in [3.63, 3.8) is 0 Å². The Morgan fingerprint density at radius 2 is 1.84 bits per heavy atom. The van der Waals surface area contributed by atoms with Crippen LogP contribution in [0.3, 0.4) is 0 Å². The minimum Gasteiger partial charge on any atom is -0.366 e. The Labute approximate surface area is 144 Å². The van der Waals surface area contributed by atoms with E-state index in [9.17, 15) is 27.9 Å². The van der Waals surface area contributed by atoms with Crippen LogP contribution in [0.4, 0.5) is 18.0 Å². The molecule has 0 spiro atoms. The molecule has 25 heavy (non-hydrogen) atoms. The molecule has 3 atom stereocenters. The molecule has 5 nitrogen and oxygen atoms in total. The van der Waals surface area contributed by atoms with Crippen LogP contribution in [0.5, 0.6) is 0 Å². The monoisotopic (exact) mass is 370 g/mol. The molecule has 1 aliphatic heterocycles. The Hall–Kier alpha value is -2.39. The summed E-state index contributed by atoms with van der Waals surface area (Å²) in [5.41, 5.74) is -2.50. The topological polar surface area (TPSA) is 78.4 Å². The second kappa shape index (κ2) is 6.16. The number of carbonyl (C=O) groups is 2. The average molecular weight is 370 g/mol. The molecule has 132 valence electrons. The van der Waals surface area contributed by atoms with Crippen LogP contribution in [0.1, 0.15) is 16.5 Å². The van der Waals surface area contributed by atoms with Gasteiger partial charge in [0.05, 0.1) is 6.04 Å². The average Bonchev–Trinajstić information content (AvgIpc) is 3.08. The summed E-state index contributed by atoms with van der Waals surface area (Å²) in [5.74, 6) is -4.10. The van der Waals surface area contributed by atoms with E-state index in [-0.39, 0.29) is 5.56 Å². The zero-order valence-corrected chi connectivity index (χ0v) is 13.4. The van der Waals surface area contributed by atoms with Crippen molar-refractivity contribution in [2.24, 2.45) is 5.92 Å². The van der Waals surface area contributed by atoms with Gasteiger partial charge in [0.2, 0.25) is 5.78 Å². The Morgan fingerprint density at radius 1 is 1.16 bits per heavy atom. The molecule has 0 bridgehead atoms. The second-order valence-corrected chi connectivity index (χ2v) is 6.54. The van der Waals surface area contributed by atoms with E-state index in [0.717, 1.165) is 11.3 Å². The molecule has 1 aliphatic rings. The molecule has 9 heteroatoms. The van der Waals surface area contributed by atoms with Gasteiger partial charge in [0.15, 0.2) is 5.72 Å². The number of urea groups is 1. The number of amides is 2. The van der Waals surface area contributed by atoms with Gasteiger partial charge in [-0.3, -0.25) is 4.79 Å². The molecule has 1 aromatic heterocycles. The van der Waals surface area contributed by atoms with Crippen LogP contribution < -0.4 is 10.6 Å². The number of carbonyl (C=O) groups excluding carboxylic acids is 2. The number of aliphatic hydroxyl groups is 1. The van der Waals surface area contributed by atoms with Crippen LogP contribution in [0.25, 0.3) is 0 Å². The van der Waals surface area contributed by atoms with Gasteiger partial charge in [-0.25, -0.2) is 4.79 Å². The minimum atomic E-state index is -5.17. The summed E-state index contributed by atoms with van der Waals surface area (Å²) in [6.45, 7) is 0. The molecule has 0 aliphatic carbocycles. The number of nitrogens with one attached hydrogen (secondary N) is 2. The molecule has 3 N–H and O–H groups in total. The van der Waals surface area contributed by atoms with Gasteiger partial charge in [-0.1, -0.05) is 36.4 Å². The Kier molecular flexibility index (Phi) is 4.29. The van der Waals surface area contributed by atoms with E-state index in [1.54, 1.807) is 17.5 Å². The maximum atomic E-state index is 13.2. The van der Waals surface area contributed by atoms with Crippen LogP contribution in [-0.2, 0) is 10.5 Å². The third kappa shape index (κ3) is 3.12. The molecule has 0 saturated carbocycles.